The molecule has 13 heavy (non-hydrogen) atoms. The zero-order valence-corrected chi connectivity index (χ0v) is 7.12. The van der Waals surface area contributed by atoms with Gasteiger partial charge in [0.1, 0.15) is 6.04 Å². The number of carbonyl (C=O) groups is 3. The van der Waals surface area contributed by atoms with Gasteiger partial charge in [-0.3, -0.25) is 14.9 Å². The number of amides is 3. The summed E-state index contributed by atoms with van der Waals surface area (Å²) in [6.07, 6.45) is -0.120. The molecule has 0 aliphatic carbocycles. The van der Waals surface area contributed by atoms with Crippen LogP contribution in [0.1, 0.15) is 13.3 Å². The zero-order valence-electron chi connectivity index (χ0n) is 7.12. The second kappa shape index (κ2) is 3.88. The molecule has 1 saturated heterocycles. The Labute approximate surface area is 74.6 Å². The molecule has 0 radical (unpaired) electrons. The number of hydrogen-bond donors (Lipinski definition) is 2. The highest BCUT2D eigenvalue weighted by molar-refractivity contribution is 6.05. The molecule has 72 valence electrons. The van der Waals surface area contributed by atoms with E-state index in [9.17, 15) is 14.4 Å². The van der Waals surface area contributed by atoms with E-state index in [0.717, 1.165) is 0 Å². The summed E-state index contributed by atoms with van der Waals surface area (Å²) in [5.41, 5.74) is 0. The lowest BCUT2D eigenvalue weighted by atomic mass is 10.2. The maximum atomic E-state index is 10.9. The number of rotatable bonds is 3. The molecule has 1 atom stereocenters. The Morgan fingerprint density at radius 3 is 2.69 bits per heavy atom. The van der Waals surface area contributed by atoms with Gasteiger partial charge in [-0.2, -0.15) is 0 Å². The molecule has 0 aromatic rings. The first-order valence-electron chi connectivity index (χ1n) is 3.90. The van der Waals surface area contributed by atoms with Crippen LogP contribution in [-0.4, -0.2) is 30.6 Å². The van der Waals surface area contributed by atoms with Crippen molar-refractivity contribution in [2.75, 3.05) is 6.61 Å². The van der Waals surface area contributed by atoms with Crippen LogP contribution in [0.15, 0.2) is 0 Å². The molecular weight excluding hydrogens is 176 g/mol. The first-order valence-corrected chi connectivity index (χ1v) is 3.90. The topological polar surface area (TPSA) is 84.5 Å². The fourth-order valence-electron chi connectivity index (χ4n) is 0.989. The maximum absolute atomic E-state index is 10.9. The molecule has 3 amide bonds. The van der Waals surface area contributed by atoms with Crippen molar-refractivity contribution in [3.8, 4) is 0 Å². The number of ether oxygens (including phenoxy) is 1. The van der Waals surface area contributed by atoms with Gasteiger partial charge < -0.3 is 10.1 Å². The smallest absolute Gasteiger partial charge is 0.322 e. The molecule has 0 spiro atoms. The van der Waals surface area contributed by atoms with Crippen LogP contribution in [0.3, 0.4) is 0 Å². The van der Waals surface area contributed by atoms with E-state index in [4.69, 9.17) is 0 Å². The minimum atomic E-state index is -0.786. The lowest BCUT2D eigenvalue weighted by Gasteiger charge is -2.05. The summed E-state index contributed by atoms with van der Waals surface area (Å²) in [7, 11) is 0. The normalized spacial score (nSPS) is 20.8. The van der Waals surface area contributed by atoms with Gasteiger partial charge in [-0.1, -0.05) is 0 Å². The molecule has 0 saturated carbocycles. The summed E-state index contributed by atoms with van der Waals surface area (Å²) in [5.74, 6) is -0.983. The van der Waals surface area contributed by atoms with Gasteiger partial charge in [0, 0.05) is 0 Å². The van der Waals surface area contributed by atoms with Crippen molar-refractivity contribution in [2.45, 2.75) is 19.4 Å². The molecular formula is C7H10N2O4. The van der Waals surface area contributed by atoms with E-state index in [1.807, 2.05) is 5.32 Å². The third-order valence-electron chi connectivity index (χ3n) is 1.53. The van der Waals surface area contributed by atoms with Gasteiger partial charge in [-0.25, -0.2) is 4.79 Å². The van der Waals surface area contributed by atoms with Crippen LogP contribution in [0.5, 0.6) is 0 Å². The first-order chi connectivity index (χ1) is 6.13. The van der Waals surface area contributed by atoms with E-state index in [1.165, 1.54) is 0 Å². The zero-order chi connectivity index (χ0) is 9.84. The number of urea groups is 1. The van der Waals surface area contributed by atoms with Crippen LogP contribution in [0.2, 0.25) is 0 Å². The number of carbonyl (C=O) groups excluding carboxylic acids is 3. The van der Waals surface area contributed by atoms with Crippen molar-refractivity contribution in [2.24, 2.45) is 0 Å². The Morgan fingerprint density at radius 1 is 1.54 bits per heavy atom. The van der Waals surface area contributed by atoms with Crippen molar-refractivity contribution in [1.82, 2.24) is 10.6 Å². The number of esters is 1. The van der Waals surface area contributed by atoms with Gasteiger partial charge in [-0.05, 0) is 6.92 Å². The summed E-state index contributed by atoms with van der Waals surface area (Å²) in [5, 5.41) is 4.31. The minimum absolute atomic E-state index is 0.120. The predicted molar refractivity (Wildman–Crippen MR) is 41.7 cm³/mol. The fourth-order valence-corrected chi connectivity index (χ4v) is 0.989. The second-order valence-corrected chi connectivity index (χ2v) is 2.52. The van der Waals surface area contributed by atoms with Crippen molar-refractivity contribution < 1.29 is 19.1 Å². The molecule has 0 aromatic carbocycles. The van der Waals surface area contributed by atoms with E-state index in [0.29, 0.717) is 0 Å². The van der Waals surface area contributed by atoms with Crippen molar-refractivity contribution >= 4 is 17.9 Å². The molecule has 1 aliphatic rings. The number of nitrogens with one attached hydrogen (secondary N) is 2. The molecule has 0 bridgehead atoms. The van der Waals surface area contributed by atoms with Crippen LogP contribution in [-0.2, 0) is 14.3 Å². The monoisotopic (exact) mass is 186 g/mol. The summed E-state index contributed by atoms with van der Waals surface area (Å²) >= 11 is 0. The maximum Gasteiger partial charge on any atom is 0.322 e. The quantitative estimate of drug-likeness (QED) is 0.444. The first kappa shape index (κ1) is 9.50. The van der Waals surface area contributed by atoms with E-state index in [1.54, 1.807) is 6.92 Å². The Hall–Kier alpha value is -1.59. The van der Waals surface area contributed by atoms with Crippen LogP contribution >= 0.6 is 0 Å². The van der Waals surface area contributed by atoms with Crippen LogP contribution < -0.4 is 10.6 Å². The van der Waals surface area contributed by atoms with Gasteiger partial charge in [-0.15, -0.1) is 0 Å². The van der Waals surface area contributed by atoms with Crippen molar-refractivity contribution in [3.05, 3.63) is 0 Å². The van der Waals surface area contributed by atoms with E-state index >= 15 is 0 Å². The average molecular weight is 186 g/mol. The van der Waals surface area contributed by atoms with Gasteiger partial charge in [0.2, 0.25) is 0 Å². The largest absolute Gasteiger partial charge is 0.466 e. The summed E-state index contributed by atoms with van der Waals surface area (Å²) in [4.78, 5) is 32.4. The molecule has 1 fully saturated rings. The molecule has 1 unspecified atom stereocenters. The van der Waals surface area contributed by atoms with E-state index < -0.39 is 23.9 Å². The van der Waals surface area contributed by atoms with E-state index in [-0.39, 0.29) is 13.0 Å². The average Bonchev–Trinajstić information content (AvgIpc) is 2.30. The Morgan fingerprint density at radius 2 is 2.23 bits per heavy atom. The van der Waals surface area contributed by atoms with Gasteiger partial charge in [0.15, 0.2) is 0 Å². The lowest BCUT2D eigenvalue weighted by Crippen LogP contribution is -2.32. The van der Waals surface area contributed by atoms with Crippen molar-refractivity contribution in [1.29, 1.82) is 0 Å². The van der Waals surface area contributed by atoms with Gasteiger partial charge >= 0.3 is 12.0 Å². The third-order valence-corrected chi connectivity index (χ3v) is 1.53. The van der Waals surface area contributed by atoms with Crippen LogP contribution in [0.25, 0.3) is 0 Å². The van der Waals surface area contributed by atoms with E-state index in [2.05, 4.69) is 10.1 Å². The highest BCUT2D eigenvalue weighted by atomic mass is 16.5. The standard InChI is InChI=1S/C7H10N2O4/c1-2-13-5(10)3-4-6(11)9-7(12)8-4/h4H,2-3H2,1H3,(H2,8,9,11,12). The highest BCUT2D eigenvalue weighted by Crippen LogP contribution is 2.00. The van der Waals surface area contributed by atoms with Crippen molar-refractivity contribution in [3.63, 3.8) is 0 Å². The fraction of sp³-hybridized carbons (Fsp3) is 0.571. The molecule has 1 rings (SSSR count). The highest BCUT2D eigenvalue weighted by Gasteiger charge is 2.31. The Balaban J connectivity index is 2.41. The summed E-state index contributed by atoms with van der Waals surface area (Å²) < 4.78 is 4.62. The second-order valence-electron chi connectivity index (χ2n) is 2.52. The summed E-state index contributed by atoms with van der Waals surface area (Å²) in [6, 6.07) is -1.36. The van der Waals surface area contributed by atoms with Crippen LogP contribution in [0, 0.1) is 0 Å². The number of imide groups is 1. The Bertz CT molecular complexity index is 251. The molecule has 6 nitrogen and oxygen atoms in total. The van der Waals surface area contributed by atoms with Crippen LogP contribution in [0.4, 0.5) is 4.79 Å². The van der Waals surface area contributed by atoms with Gasteiger partial charge in [0.05, 0.1) is 13.0 Å². The molecule has 1 heterocycles. The third kappa shape index (κ3) is 2.43. The SMILES string of the molecule is CCOC(=O)CC1NC(=O)NC1=O. The molecule has 1 aliphatic heterocycles. The predicted octanol–water partition coefficient (Wildman–Crippen LogP) is -0.852. The summed E-state index contributed by atoms with van der Waals surface area (Å²) in [6.45, 7) is 1.94. The lowest BCUT2D eigenvalue weighted by molar-refractivity contribution is -0.144. The molecule has 0 aromatic heterocycles. The van der Waals surface area contributed by atoms with Gasteiger partial charge in [0.25, 0.3) is 5.91 Å². The Kier molecular flexibility index (Phi) is 2.84. The molecule has 2 N–H and O–H groups in total. The number of hydrogen-bond acceptors (Lipinski definition) is 4. The minimum Gasteiger partial charge on any atom is -0.466 e. The molecule has 6 heteroatoms.